The molecule has 2 heterocycles. The Morgan fingerprint density at radius 3 is 3.05 bits per heavy atom. The molecule has 4 N–H and O–H groups in total. The van der Waals surface area contributed by atoms with Crippen molar-refractivity contribution in [2.45, 2.75) is 19.1 Å². The topological polar surface area (TPSA) is 71.7 Å². The standard InChI is InChI=1S/C14H17BrN4O/c1-8-5-12(17-2)19-14(16,18-8)10-6-9-3-4-20-13(9)11(15)7-10/h5-7,18H,3-4,16H2,1-2H3,(H,17,19). The first-order valence-corrected chi connectivity index (χ1v) is 7.30. The second kappa shape index (κ2) is 4.79. The fourth-order valence-corrected chi connectivity index (χ4v) is 3.15. The molecule has 2 aliphatic rings. The van der Waals surface area contributed by atoms with E-state index in [4.69, 9.17) is 10.5 Å². The fourth-order valence-electron chi connectivity index (χ4n) is 2.54. The summed E-state index contributed by atoms with van der Waals surface area (Å²) in [5, 5.41) is 6.28. The molecule has 1 unspecified atom stereocenters. The van der Waals surface area contributed by atoms with Crippen molar-refractivity contribution in [2.24, 2.45) is 10.7 Å². The van der Waals surface area contributed by atoms with Gasteiger partial charge in [-0.15, -0.1) is 0 Å². The first-order chi connectivity index (χ1) is 9.51. The van der Waals surface area contributed by atoms with Crippen LogP contribution in [0.4, 0.5) is 0 Å². The Balaban J connectivity index is 2.07. The van der Waals surface area contributed by atoms with E-state index in [1.54, 1.807) is 0 Å². The highest BCUT2D eigenvalue weighted by atomic mass is 79.9. The van der Waals surface area contributed by atoms with Gasteiger partial charge in [-0.2, -0.15) is 0 Å². The Hall–Kier alpha value is -1.53. The van der Waals surface area contributed by atoms with E-state index in [2.05, 4.69) is 37.6 Å². The summed E-state index contributed by atoms with van der Waals surface area (Å²) in [6, 6.07) is 4.03. The molecular formula is C14H17BrN4O. The number of benzene rings is 1. The van der Waals surface area contributed by atoms with E-state index in [9.17, 15) is 0 Å². The summed E-state index contributed by atoms with van der Waals surface area (Å²) in [4.78, 5) is 4.55. The minimum absolute atomic E-state index is 0.715. The van der Waals surface area contributed by atoms with Crippen LogP contribution in [0.1, 0.15) is 18.1 Å². The number of allylic oxidation sites excluding steroid dienone is 1. The zero-order valence-electron chi connectivity index (χ0n) is 11.5. The number of aliphatic imine (C=N–C) groups is 1. The number of hydrogen-bond acceptors (Lipinski definition) is 5. The number of ether oxygens (including phenoxy) is 1. The number of rotatable bonds is 1. The highest BCUT2D eigenvalue weighted by Gasteiger charge is 2.32. The molecule has 106 valence electrons. The number of halogens is 1. The van der Waals surface area contributed by atoms with Crippen LogP contribution in [0.25, 0.3) is 0 Å². The van der Waals surface area contributed by atoms with Gasteiger partial charge >= 0.3 is 0 Å². The lowest BCUT2D eigenvalue weighted by Gasteiger charge is -2.32. The molecule has 0 aromatic heterocycles. The summed E-state index contributed by atoms with van der Waals surface area (Å²) in [5.74, 6) is 0.715. The highest BCUT2D eigenvalue weighted by molar-refractivity contribution is 9.10. The largest absolute Gasteiger partial charge is 0.492 e. The molecule has 6 heteroatoms. The van der Waals surface area contributed by atoms with Gasteiger partial charge in [-0.1, -0.05) is 0 Å². The van der Waals surface area contributed by atoms with Crippen LogP contribution in [0.5, 0.6) is 5.75 Å². The maximum atomic E-state index is 6.46. The lowest BCUT2D eigenvalue weighted by molar-refractivity contribution is 0.354. The van der Waals surface area contributed by atoms with Crippen LogP contribution in [0.15, 0.2) is 33.4 Å². The lowest BCUT2D eigenvalue weighted by Crippen LogP contribution is -2.51. The zero-order valence-corrected chi connectivity index (χ0v) is 13.0. The van der Waals surface area contributed by atoms with Crippen LogP contribution in [0, 0.1) is 0 Å². The number of nitrogens with two attached hydrogens (primary N) is 1. The normalized spacial score (nSPS) is 24.2. The predicted octanol–water partition coefficient (Wildman–Crippen LogP) is 1.58. The maximum Gasteiger partial charge on any atom is 0.211 e. The van der Waals surface area contributed by atoms with Crippen molar-refractivity contribution in [3.8, 4) is 5.75 Å². The van der Waals surface area contributed by atoms with Crippen LogP contribution in [-0.4, -0.2) is 19.5 Å². The van der Waals surface area contributed by atoms with E-state index >= 15 is 0 Å². The minimum Gasteiger partial charge on any atom is -0.492 e. The van der Waals surface area contributed by atoms with Crippen molar-refractivity contribution in [3.63, 3.8) is 0 Å². The molecule has 20 heavy (non-hydrogen) atoms. The summed E-state index contributed by atoms with van der Waals surface area (Å²) < 4.78 is 6.52. The smallest absolute Gasteiger partial charge is 0.211 e. The van der Waals surface area contributed by atoms with Gasteiger partial charge in [0, 0.05) is 24.7 Å². The Morgan fingerprint density at radius 2 is 2.30 bits per heavy atom. The van der Waals surface area contributed by atoms with Gasteiger partial charge in [0.05, 0.1) is 11.1 Å². The third-order valence-electron chi connectivity index (χ3n) is 3.47. The van der Waals surface area contributed by atoms with E-state index in [1.807, 2.05) is 26.1 Å². The summed E-state index contributed by atoms with van der Waals surface area (Å²) in [5.41, 5.74) is 9.50. The molecule has 3 rings (SSSR count). The average Bonchev–Trinajstić information content (AvgIpc) is 2.86. The predicted molar refractivity (Wildman–Crippen MR) is 82.6 cm³/mol. The highest BCUT2D eigenvalue weighted by Crippen LogP contribution is 2.37. The first kappa shape index (κ1) is 13.5. The Kier molecular flexibility index (Phi) is 3.22. The van der Waals surface area contributed by atoms with E-state index in [1.165, 1.54) is 0 Å². The zero-order chi connectivity index (χ0) is 14.3. The average molecular weight is 337 g/mol. The molecule has 1 atom stereocenters. The monoisotopic (exact) mass is 336 g/mol. The van der Waals surface area contributed by atoms with Crippen molar-refractivity contribution in [2.75, 3.05) is 13.7 Å². The van der Waals surface area contributed by atoms with Crippen LogP contribution >= 0.6 is 15.9 Å². The number of nitrogens with zero attached hydrogens (tertiary/aromatic N) is 1. The number of fused-ring (bicyclic) bond motifs is 1. The number of likely N-dealkylation sites (N-methyl/N-ethyl adjacent to an activating group) is 1. The fraction of sp³-hybridized carbons (Fsp3) is 0.357. The van der Waals surface area contributed by atoms with Gasteiger partial charge in [-0.25, -0.2) is 4.99 Å². The van der Waals surface area contributed by atoms with Gasteiger partial charge in [0.25, 0.3) is 0 Å². The van der Waals surface area contributed by atoms with Crippen LogP contribution < -0.4 is 21.1 Å². The molecule has 0 saturated heterocycles. The van der Waals surface area contributed by atoms with E-state index in [-0.39, 0.29) is 0 Å². The van der Waals surface area contributed by atoms with Crippen molar-refractivity contribution in [1.82, 2.24) is 10.6 Å². The van der Waals surface area contributed by atoms with Crippen LogP contribution in [0.2, 0.25) is 0 Å². The van der Waals surface area contributed by atoms with Crippen LogP contribution in [-0.2, 0) is 12.2 Å². The molecule has 0 bridgehead atoms. The summed E-state index contributed by atoms with van der Waals surface area (Å²) in [7, 11) is 1.83. The maximum absolute atomic E-state index is 6.46. The molecular weight excluding hydrogens is 320 g/mol. The second-order valence-corrected chi connectivity index (χ2v) is 5.86. The Labute approximate surface area is 126 Å². The summed E-state index contributed by atoms with van der Waals surface area (Å²) >= 11 is 3.55. The first-order valence-electron chi connectivity index (χ1n) is 6.50. The minimum atomic E-state index is -0.961. The van der Waals surface area contributed by atoms with Gasteiger partial charge < -0.3 is 15.4 Å². The molecule has 5 nitrogen and oxygen atoms in total. The molecule has 0 amide bonds. The molecule has 0 fully saturated rings. The van der Waals surface area contributed by atoms with Crippen molar-refractivity contribution in [3.05, 3.63) is 39.5 Å². The number of nitrogens with one attached hydrogen (secondary N) is 2. The van der Waals surface area contributed by atoms with Crippen LogP contribution in [0.3, 0.4) is 0 Å². The van der Waals surface area contributed by atoms with Crippen molar-refractivity contribution in [1.29, 1.82) is 0 Å². The third-order valence-corrected chi connectivity index (χ3v) is 4.06. The Morgan fingerprint density at radius 1 is 1.50 bits per heavy atom. The molecule has 0 spiro atoms. The van der Waals surface area contributed by atoms with Gasteiger partial charge in [0.15, 0.2) is 0 Å². The van der Waals surface area contributed by atoms with Crippen molar-refractivity contribution < 1.29 is 4.74 Å². The van der Waals surface area contributed by atoms with E-state index < -0.39 is 5.79 Å². The van der Waals surface area contributed by atoms with Gasteiger partial charge in [-0.3, -0.25) is 5.73 Å². The Bertz CT molecular complexity index is 626. The second-order valence-electron chi connectivity index (χ2n) is 5.01. The molecule has 0 aliphatic carbocycles. The van der Waals surface area contributed by atoms with Gasteiger partial charge in [0.1, 0.15) is 11.6 Å². The van der Waals surface area contributed by atoms with E-state index in [0.29, 0.717) is 6.61 Å². The number of hydrogen-bond donors (Lipinski definition) is 3. The SMILES string of the molecule is CNC1=NC(N)(c2cc(Br)c3c(c2)CCO3)NC(C)=C1. The third kappa shape index (κ3) is 2.19. The molecule has 1 aromatic carbocycles. The number of amidine groups is 1. The van der Waals surface area contributed by atoms with Crippen molar-refractivity contribution >= 4 is 21.8 Å². The summed E-state index contributed by atoms with van der Waals surface area (Å²) in [6.07, 6.45) is 2.83. The molecule has 2 aliphatic heterocycles. The quantitative estimate of drug-likeness (QED) is 0.728. The van der Waals surface area contributed by atoms with Gasteiger partial charge in [-0.05, 0) is 46.6 Å². The molecule has 0 saturated carbocycles. The summed E-state index contributed by atoms with van der Waals surface area (Å²) in [6.45, 7) is 2.69. The van der Waals surface area contributed by atoms with Gasteiger partial charge in [0.2, 0.25) is 5.79 Å². The van der Waals surface area contributed by atoms with E-state index in [0.717, 1.165) is 39.3 Å². The molecule has 1 aromatic rings. The molecule has 0 radical (unpaired) electrons. The lowest BCUT2D eigenvalue weighted by atomic mass is 10.0.